The molecule has 2 saturated carbocycles. The quantitative estimate of drug-likeness (QED) is 0.249. The van der Waals surface area contributed by atoms with Gasteiger partial charge in [-0.1, -0.05) is 24.3 Å². The van der Waals surface area contributed by atoms with Gasteiger partial charge in [0.25, 0.3) is 5.91 Å². The number of fused-ring (bicyclic) bond motifs is 1. The Morgan fingerprint density at radius 1 is 1.00 bits per heavy atom. The van der Waals surface area contributed by atoms with Gasteiger partial charge < -0.3 is 15.8 Å². The first-order chi connectivity index (χ1) is 19.1. The first-order valence-electron chi connectivity index (χ1n) is 13.3. The van der Waals surface area contributed by atoms with Gasteiger partial charge in [0.15, 0.2) is 5.65 Å². The lowest BCUT2D eigenvalue weighted by Crippen LogP contribution is -2.38. The molecule has 0 saturated heterocycles. The van der Waals surface area contributed by atoms with Crippen LogP contribution in [0.1, 0.15) is 44.6 Å². The molecule has 0 aliphatic heterocycles. The second-order valence-corrected chi connectivity index (χ2v) is 10.2. The van der Waals surface area contributed by atoms with E-state index in [1.807, 2.05) is 65.4 Å². The van der Waals surface area contributed by atoms with Crippen molar-refractivity contribution < 1.29 is 9.53 Å². The van der Waals surface area contributed by atoms with Gasteiger partial charge >= 0.3 is 0 Å². The lowest BCUT2D eigenvalue weighted by atomic mass is 9.91. The van der Waals surface area contributed by atoms with Crippen LogP contribution in [0.5, 0.6) is 11.5 Å². The molecule has 2 fully saturated rings. The molecule has 2 aromatic heterocycles. The fraction of sp³-hybridized carbons (Fsp3) is 0.300. The Balaban J connectivity index is 1.19. The van der Waals surface area contributed by atoms with Crippen LogP contribution in [-0.4, -0.2) is 31.7 Å². The summed E-state index contributed by atoms with van der Waals surface area (Å²) >= 11 is 0. The van der Waals surface area contributed by atoms with Crippen LogP contribution in [0.2, 0.25) is 0 Å². The zero-order chi connectivity index (χ0) is 26.8. The SMILES string of the molecule is N#CC(=CC1CC1)C(=O)NC1CCC(n2nc(-c3ccc(Oc4ccccc4)cc3)c3c(N)ncnc32)CC1. The van der Waals surface area contributed by atoms with Gasteiger partial charge in [0.1, 0.15) is 41.0 Å². The van der Waals surface area contributed by atoms with Crippen molar-refractivity contribution in [3.05, 3.63) is 72.6 Å². The van der Waals surface area contributed by atoms with Crippen molar-refractivity contribution in [1.29, 1.82) is 5.26 Å². The molecule has 4 aromatic rings. The number of para-hydroxylation sites is 1. The fourth-order valence-corrected chi connectivity index (χ4v) is 5.15. The Bertz CT molecular complexity index is 1560. The lowest BCUT2D eigenvalue weighted by Gasteiger charge is -2.29. The van der Waals surface area contributed by atoms with E-state index in [0.717, 1.165) is 66.7 Å². The molecule has 0 unspecified atom stereocenters. The van der Waals surface area contributed by atoms with E-state index in [9.17, 15) is 10.1 Å². The number of carbonyl (C=O) groups excluding carboxylic acids is 1. The van der Waals surface area contributed by atoms with Crippen molar-refractivity contribution in [2.75, 3.05) is 5.73 Å². The molecule has 3 N–H and O–H groups in total. The number of nitriles is 1. The molecular formula is C30H29N7O2. The summed E-state index contributed by atoms with van der Waals surface area (Å²) < 4.78 is 7.90. The maximum atomic E-state index is 12.6. The Morgan fingerprint density at radius 2 is 1.72 bits per heavy atom. The van der Waals surface area contributed by atoms with Crippen molar-refractivity contribution in [2.24, 2.45) is 5.92 Å². The van der Waals surface area contributed by atoms with Gasteiger partial charge in [-0.25, -0.2) is 14.6 Å². The highest BCUT2D eigenvalue weighted by Crippen LogP contribution is 2.37. The van der Waals surface area contributed by atoms with E-state index in [2.05, 4.69) is 21.4 Å². The number of hydrogen-bond donors (Lipinski definition) is 2. The number of nitrogens with two attached hydrogens (primary N) is 1. The summed E-state index contributed by atoms with van der Waals surface area (Å²) in [6.45, 7) is 0. The number of nitrogens with one attached hydrogen (secondary N) is 1. The molecule has 6 rings (SSSR count). The van der Waals surface area contributed by atoms with Crippen LogP contribution >= 0.6 is 0 Å². The van der Waals surface area contributed by atoms with Crippen molar-refractivity contribution in [3.8, 4) is 28.8 Å². The second-order valence-electron chi connectivity index (χ2n) is 10.2. The first-order valence-corrected chi connectivity index (χ1v) is 13.3. The minimum absolute atomic E-state index is 0.0304. The van der Waals surface area contributed by atoms with Gasteiger partial charge in [0.05, 0.1) is 11.4 Å². The van der Waals surface area contributed by atoms with Crippen LogP contribution in [0.25, 0.3) is 22.3 Å². The van der Waals surface area contributed by atoms with Gasteiger partial charge in [0.2, 0.25) is 0 Å². The van der Waals surface area contributed by atoms with Crippen LogP contribution in [0, 0.1) is 17.2 Å². The zero-order valence-corrected chi connectivity index (χ0v) is 21.5. The summed E-state index contributed by atoms with van der Waals surface area (Å²) in [4.78, 5) is 21.4. The summed E-state index contributed by atoms with van der Waals surface area (Å²) in [6, 6.07) is 19.6. The number of amides is 1. The molecule has 0 spiro atoms. The van der Waals surface area contributed by atoms with Crippen molar-refractivity contribution in [2.45, 2.75) is 50.6 Å². The molecule has 2 heterocycles. The molecule has 9 heteroatoms. The fourth-order valence-electron chi connectivity index (χ4n) is 5.15. The van der Waals surface area contributed by atoms with Gasteiger partial charge in [-0.2, -0.15) is 10.4 Å². The third-order valence-corrected chi connectivity index (χ3v) is 7.39. The Kier molecular flexibility index (Phi) is 6.68. The summed E-state index contributed by atoms with van der Waals surface area (Å²) in [5.74, 6) is 2.00. The molecule has 2 aromatic carbocycles. The van der Waals surface area contributed by atoms with Crippen molar-refractivity contribution in [3.63, 3.8) is 0 Å². The topological polar surface area (TPSA) is 132 Å². The summed E-state index contributed by atoms with van der Waals surface area (Å²) in [5.41, 5.74) is 8.88. The summed E-state index contributed by atoms with van der Waals surface area (Å²) in [6.07, 6.45) is 8.63. The standard InChI is InChI=1S/C30H29N7O2/c31-17-21(16-19-6-7-19)30(38)35-22-10-12-23(13-11-22)37-29-26(28(32)33-18-34-29)27(36-37)20-8-14-25(15-9-20)39-24-4-2-1-3-5-24/h1-5,8-9,14-16,18-19,22-23H,6-7,10-13H2,(H,35,38)(H2,32,33,34). The predicted octanol–water partition coefficient (Wildman–Crippen LogP) is 5.33. The van der Waals surface area contributed by atoms with E-state index in [-0.39, 0.29) is 23.6 Å². The molecule has 39 heavy (non-hydrogen) atoms. The van der Waals surface area contributed by atoms with E-state index in [1.165, 1.54) is 6.33 Å². The van der Waals surface area contributed by atoms with Crippen LogP contribution in [-0.2, 0) is 4.79 Å². The van der Waals surface area contributed by atoms with Gasteiger partial charge in [-0.3, -0.25) is 4.79 Å². The van der Waals surface area contributed by atoms with E-state index < -0.39 is 0 Å². The monoisotopic (exact) mass is 519 g/mol. The number of benzene rings is 2. The van der Waals surface area contributed by atoms with Crippen molar-refractivity contribution in [1.82, 2.24) is 25.1 Å². The number of anilines is 1. The highest BCUT2D eigenvalue weighted by atomic mass is 16.5. The van der Waals surface area contributed by atoms with Crippen LogP contribution in [0.3, 0.4) is 0 Å². The first kappa shape index (κ1) is 24.6. The third kappa shape index (κ3) is 5.32. The summed E-state index contributed by atoms with van der Waals surface area (Å²) in [7, 11) is 0. The molecule has 2 aliphatic rings. The minimum Gasteiger partial charge on any atom is -0.457 e. The number of nitrogens with zero attached hydrogens (tertiary/aromatic N) is 5. The number of ether oxygens (including phenoxy) is 1. The van der Waals surface area contributed by atoms with Gasteiger partial charge in [-0.15, -0.1) is 0 Å². The smallest absolute Gasteiger partial charge is 0.261 e. The molecule has 1 amide bonds. The average Bonchev–Trinajstić information content (AvgIpc) is 3.70. The third-order valence-electron chi connectivity index (χ3n) is 7.39. The number of nitrogen functional groups attached to an aromatic ring is 1. The zero-order valence-electron chi connectivity index (χ0n) is 21.5. The Morgan fingerprint density at radius 3 is 2.41 bits per heavy atom. The van der Waals surface area contributed by atoms with E-state index in [4.69, 9.17) is 15.6 Å². The number of carbonyl (C=O) groups is 1. The molecule has 9 nitrogen and oxygen atoms in total. The Labute approximate surface area is 226 Å². The number of hydrogen-bond acceptors (Lipinski definition) is 7. The van der Waals surface area contributed by atoms with Gasteiger partial charge in [0, 0.05) is 11.6 Å². The molecule has 2 aliphatic carbocycles. The van der Waals surface area contributed by atoms with Crippen molar-refractivity contribution >= 4 is 22.8 Å². The van der Waals surface area contributed by atoms with Crippen LogP contribution in [0.4, 0.5) is 5.82 Å². The Hall–Kier alpha value is -4.71. The van der Waals surface area contributed by atoms with Gasteiger partial charge in [-0.05, 0) is 80.8 Å². The second kappa shape index (κ2) is 10.6. The molecule has 0 radical (unpaired) electrons. The normalized spacial score (nSPS) is 19.4. The molecule has 0 atom stereocenters. The number of aromatic nitrogens is 4. The van der Waals surface area contributed by atoms with E-state index >= 15 is 0 Å². The van der Waals surface area contributed by atoms with E-state index in [1.54, 1.807) is 0 Å². The average molecular weight is 520 g/mol. The maximum absolute atomic E-state index is 12.6. The number of rotatable bonds is 7. The highest BCUT2D eigenvalue weighted by molar-refractivity contribution is 5.98. The summed E-state index contributed by atoms with van der Waals surface area (Å²) in [5, 5.41) is 18.1. The minimum atomic E-state index is -0.264. The molecular weight excluding hydrogens is 490 g/mol. The number of allylic oxidation sites excluding steroid dienone is 1. The lowest BCUT2D eigenvalue weighted by molar-refractivity contribution is -0.118. The predicted molar refractivity (Wildman–Crippen MR) is 148 cm³/mol. The largest absolute Gasteiger partial charge is 0.457 e. The van der Waals surface area contributed by atoms with E-state index in [0.29, 0.717) is 17.4 Å². The van der Waals surface area contributed by atoms with Crippen LogP contribution in [0.15, 0.2) is 72.6 Å². The maximum Gasteiger partial charge on any atom is 0.261 e. The highest BCUT2D eigenvalue weighted by Gasteiger charge is 2.29. The molecule has 196 valence electrons. The molecule has 0 bridgehead atoms. The van der Waals surface area contributed by atoms with Crippen LogP contribution < -0.4 is 15.8 Å².